The number of hydrogen-bond acceptors (Lipinski definition) is 3. The second kappa shape index (κ2) is 6.17. The van der Waals surface area contributed by atoms with E-state index in [0.717, 1.165) is 17.2 Å². The summed E-state index contributed by atoms with van der Waals surface area (Å²) in [5.41, 5.74) is 7.32. The Morgan fingerprint density at radius 3 is 1.92 bits per heavy atom. The van der Waals surface area contributed by atoms with E-state index in [-0.39, 0.29) is 24.8 Å². The number of aromatic nitrogens is 2. The van der Waals surface area contributed by atoms with E-state index in [1.165, 1.54) is 0 Å². The Labute approximate surface area is 84.6 Å². The zero-order valence-electron chi connectivity index (χ0n) is 7.07. The molecule has 0 aliphatic rings. The van der Waals surface area contributed by atoms with Crippen molar-refractivity contribution < 1.29 is 0 Å². The first kappa shape index (κ1) is 14.2. The third kappa shape index (κ3) is 3.85. The topological polar surface area (TPSA) is 51.8 Å². The second-order valence-corrected chi connectivity index (χ2v) is 2.27. The Morgan fingerprint density at radius 2 is 1.58 bits per heavy atom. The summed E-state index contributed by atoms with van der Waals surface area (Å²) in [6.45, 7) is 4.30. The first-order valence-electron chi connectivity index (χ1n) is 3.23. The van der Waals surface area contributed by atoms with Crippen LogP contribution in [0.4, 0.5) is 0 Å². The zero-order valence-corrected chi connectivity index (χ0v) is 8.71. The number of aryl methyl sites for hydroxylation is 2. The van der Waals surface area contributed by atoms with Gasteiger partial charge in [-0.1, -0.05) is 0 Å². The van der Waals surface area contributed by atoms with E-state index in [1.54, 1.807) is 0 Å². The summed E-state index contributed by atoms with van der Waals surface area (Å²) in [6, 6.07) is 1.93. The van der Waals surface area contributed by atoms with Crippen LogP contribution >= 0.6 is 24.8 Å². The highest BCUT2D eigenvalue weighted by molar-refractivity contribution is 5.85. The predicted octanol–water partition coefficient (Wildman–Crippen LogP) is 1.40. The normalized spacial score (nSPS) is 8.25. The van der Waals surface area contributed by atoms with Gasteiger partial charge in [0, 0.05) is 11.4 Å². The van der Waals surface area contributed by atoms with Gasteiger partial charge in [0.25, 0.3) is 0 Å². The second-order valence-electron chi connectivity index (χ2n) is 2.27. The molecule has 2 N–H and O–H groups in total. The number of hydrogen-bond donors (Lipinski definition) is 1. The summed E-state index contributed by atoms with van der Waals surface area (Å²) in [7, 11) is 0. The lowest BCUT2D eigenvalue weighted by Crippen LogP contribution is -2.04. The van der Waals surface area contributed by atoms with Crippen LogP contribution in [0.1, 0.15) is 17.2 Å². The SMILES string of the molecule is Cc1cc(C)nc(CN)n1.Cl.Cl. The van der Waals surface area contributed by atoms with E-state index in [1.807, 2.05) is 19.9 Å². The van der Waals surface area contributed by atoms with Gasteiger partial charge in [0.05, 0.1) is 6.54 Å². The average molecular weight is 210 g/mol. The fraction of sp³-hybridized carbons (Fsp3) is 0.429. The Bertz CT molecular complexity index is 220. The summed E-state index contributed by atoms with van der Waals surface area (Å²) in [4.78, 5) is 8.23. The molecule has 0 atom stereocenters. The summed E-state index contributed by atoms with van der Waals surface area (Å²) in [5, 5.41) is 0. The van der Waals surface area contributed by atoms with Gasteiger partial charge >= 0.3 is 0 Å². The van der Waals surface area contributed by atoms with Gasteiger partial charge in [-0.25, -0.2) is 9.97 Å². The van der Waals surface area contributed by atoms with Crippen LogP contribution in [0.5, 0.6) is 0 Å². The predicted molar refractivity (Wildman–Crippen MR) is 53.9 cm³/mol. The van der Waals surface area contributed by atoms with Gasteiger partial charge in [0.1, 0.15) is 5.82 Å². The first-order chi connectivity index (χ1) is 4.72. The van der Waals surface area contributed by atoms with Crippen molar-refractivity contribution in [3.8, 4) is 0 Å². The minimum Gasteiger partial charge on any atom is -0.324 e. The zero-order chi connectivity index (χ0) is 7.56. The van der Waals surface area contributed by atoms with Gasteiger partial charge < -0.3 is 5.73 Å². The molecule has 0 aromatic carbocycles. The molecule has 0 spiro atoms. The molecule has 0 unspecified atom stereocenters. The number of nitrogens with two attached hydrogens (primary N) is 1. The van der Waals surface area contributed by atoms with E-state index in [0.29, 0.717) is 6.54 Å². The number of halogens is 2. The first-order valence-corrected chi connectivity index (χ1v) is 3.23. The van der Waals surface area contributed by atoms with Crippen molar-refractivity contribution in [1.82, 2.24) is 9.97 Å². The molecule has 0 radical (unpaired) electrons. The number of nitrogens with zero attached hydrogens (tertiary/aromatic N) is 2. The fourth-order valence-electron chi connectivity index (χ4n) is 0.890. The van der Waals surface area contributed by atoms with Crippen LogP contribution in [0.25, 0.3) is 0 Å². The molecular weight excluding hydrogens is 197 g/mol. The molecule has 3 nitrogen and oxygen atoms in total. The molecule has 0 bridgehead atoms. The van der Waals surface area contributed by atoms with Crippen molar-refractivity contribution in [1.29, 1.82) is 0 Å². The van der Waals surface area contributed by atoms with Gasteiger partial charge in [-0.3, -0.25) is 0 Å². The maximum absolute atomic E-state index is 5.36. The molecule has 0 aliphatic heterocycles. The molecule has 0 aliphatic carbocycles. The molecule has 0 amide bonds. The van der Waals surface area contributed by atoms with E-state index in [2.05, 4.69) is 9.97 Å². The largest absolute Gasteiger partial charge is 0.324 e. The Balaban J connectivity index is 0. The van der Waals surface area contributed by atoms with Crippen molar-refractivity contribution in [3.05, 3.63) is 23.3 Å². The molecule has 1 aromatic rings. The van der Waals surface area contributed by atoms with Gasteiger partial charge in [-0.05, 0) is 19.9 Å². The van der Waals surface area contributed by atoms with Crippen LogP contribution in [-0.4, -0.2) is 9.97 Å². The van der Waals surface area contributed by atoms with Crippen molar-refractivity contribution >= 4 is 24.8 Å². The van der Waals surface area contributed by atoms with Crippen LogP contribution in [0.3, 0.4) is 0 Å². The molecule has 1 heterocycles. The maximum atomic E-state index is 5.36. The third-order valence-corrected chi connectivity index (χ3v) is 1.21. The summed E-state index contributed by atoms with van der Waals surface area (Å²) in [6.07, 6.45) is 0. The molecule has 0 fully saturated rings. The summed E-state index contributed by atoms with van der Waals surface area (Å²) in [5.74, 6) is 0.720. The average Bonchev–Trinajstić information content (AvgIpc) is 1.85. The van der Waals surface area contributed by atoms with Gasteiger partial charge in [0.2, 0.25) is 0 Å². The smallest absolute Gasteiger partial charge is 0.142 e. The van der Waals surface area contributed by atoms with Crippen LogP contribution in [0, 0.1) is 13.8 Å². The van der Waals surface area contributed by atoms with Crippen LogP contribution in [0.15, 0.2) is 6.07 Å². The van der Waals surface area contributed by atoms with Crippen molar-refractivity contribution in [2.75, 3.05) is 0 Å². The van der Waals surface area contributed by atoms with Crippen LogP contribution in [0.2, 0.25) is 0 Å². The van der Waals surface area contributed by atoms with Crippen molar-refractivity contribution in [2.45, 2.75) is 20.4 Å². The number of rotatable bonds is 1. The molecule has 12 heavy (non-hydrogen) atoms. The molecule has 70 valence electrons. The minimum absolute atomic E-state index is 0. The standard InChI is InChI=1S/C7H11N3.2ClH/c1-5-3-6(2)10-7(4-8)9-5;;/h3H,4,8H2,1-2H3;2*1H. The van der Waals surface area contributed by atoms with Crippen LogP contribution < -0.4 is 5.73 Å². The molecule has 1 rings (SSSR count). The Kier molecular flexibility index (Phi) is 7.28. The lowest BCUT2D eigenvalue weighted by Gasteiger charge is -1.98. The molecule has 1 aromatic heterocycles. The third-order valence-electron chi connectivity index (χ3n) is 1.21. The minimum atomic E-state index is 0. The fourth-order valence-corrected chi connectivity index (χ4v) is 0.890. The van der Waals surface area contributed by atoms with Crippen LogP contribution in [-0.2, 0) is 6.54 Å². The highest BCUT2D eigenvalue weighted by Gasteiger charge is 1.94. The summed E-state index contributed by atoms with van der Waals surface area (Å²) >= 11 is 0. The van der Waals surface area contributed by atoms with Gasteiger partial charge in [0.15, 0.2) is 0 Å². The van der Waals surface area contributed by atoms with E-state index < -0.39 is 0 Å². The van der Waals surface area contributed by atoms with Crippen molar-refractivity contribution in [2.24, 2.45) is 5.73 Å². The Morgan fingerprint density at radius 1 is 1.17 bits per heavy atom. The van der Waals surface area contributed by atoms with Crippen molar-refractivity contribution in [3.63, 3.8) is 0 Å². The Hall–Kier alpha value is -0.380. The highest BCUT2D eigenvalue weighted by atomic mass is 35.5. The molecular formula is C7H13Cl2N3. The van der Waals surface area contributed by atoms with E-state index in [4.69, 9.17) is 5.73 Å². The van der Waals surface area contributed by atoms with E-state index >= 15 is 0 Å². The quantitative estimate of drug-likeness (QED) is 0.762. The highest BCUT2D eigenvalue weighted by Crippen LogP contribution is 1.97. The lowest BCUT2D eigenvalue weighted by atomic mass is 10.3. The van der Waals surface area contributed by atoms with Gasteiger partial charge in [-0.2, -0.15) is 0 Å². The molecule has 0 saturated carbocycles. The molecule has 0 saturated heterocycles. The van der Waals surface area contributed by atoms with Gasteiger partial charge in [-0.15, -0.1) is 24.8 Å². The molecule has 5 heteroatoms. The maximum Gasteiger partial charge on any atom is 0.142 e. The summed E-state index contributed by atoms with van der Waals surface area (Å²) < 4.78 is 0. The van der Waals surface area contributed by atoms with E-state index in [9.17, 15) is 0 Å². The lowest BCUT2D eigenvalue weighted by molar-refractivity contribution is 0.873. The monoisotopic (exact) mass is 209 g/mol.